The van der Waals surface area contributed by atoms with Crippen molar-refractivity contribution < 1.29 is 13.2 Å². The predicted octanol–water partition coefficient (Wildman–Crippen LogP) is 4.92. The van der Waals surface area contributed by atoms with E-state index in [-0.39, 0.29) is 17.9 Å². The molecule has 0 aromatic carbocycles. The number of halogens is 3. The predicted molar refractivity (Wildman–Crippen MR) is 108 cm³/mol. The molecule has 0 bridgehead atoms. The van der Waals surface area contributed by atoms with Crippen molar-refractivity contribution in [3.05, 3.63) is 46.2 Å². The van der Waals surface area contributed by atoms with Crippen molar-refractivity contribution in [2.45, 2.75) is 24.7 Å². The Morgan fingerprint density at radius 1 is 1.13 bits per heavy atom. The average Bonchev–Trinajstić information content (AvgIpc) is 3.51. The normalized spacial score (nSPS) is 19.3. The lowest BCUT2D eigenvalue weighted by Gasteiger charge is -2.32. The molecule has 1 N–H and O–H groups in total. The first-order chi connectivity index (χ1) is 14.5. The summed E-state index contributed by atoms with van der Waals surface area (Å²) in [4.78, 5) is 10.5. The Labute approximate surface area is 174 Å². The smallest absolute Gasteiger partial charge is 0.363 e. The summed E-state index contributed by atoms with van der Waals surface area (Å²) in [6.45, 7) is 0. The number of anilines is 1. The zero-order chi connectivity index (χ0) is 20.5. The van der Waals surface area contributed by atoms with Crippen molar-refractivity contribution in [2.75, 3.05) is 5.32 Å². The van der Waals surface area contributed by atoms with Crippen LogP contribution in [0.1, 0.15) is 23.4 Å². The summed E-state index contributed by atoms with van der Waals surface area (Å²) in [5, 5.41) is 16.4. The summed E-state index contributed by atoms with van der Waals surface area (Å²) < 4.78 is 44.0. The fraction of sp³-hybridized carbons (Fsp3) is 0.222. The second-order valence-corrected chi connectivity index (χ2v) is 8.83. The summed E-state index contributed by atoms with van der Waals surface area (Å²) in [5.41, 5.74) is 0.879. The van der Waals surface area contributed by atoms with E-state index in [9.17, 15) is 13.2 Å². The van der Waals surface area contributed by atoms with Crippen molar-refractivity contribution in [1.29, 1.82) is 0 Å². The third kappa shape index (κ3) is 2.70. The maximum absolute atomic E-state index is 13.8. The van der Waals surface area contributed by atoms with Gasteiger partial charge < -0.3 is 5.32 Å². The molecule has 2 atom stereocenters. The Morgan fingerprint density at radius 2 is 2.03 bits per heavy atom. The summed E-state index contributed by atoms with van der Waals surface area (Å²) in [6, 6.07) is 4.98. The van der Waals surface area contributed by atoms with Gasteiger partial charge in [0, 0.05) is 17.4 Å². The van der Waals surface area contributed by atoms with Crippen LogP contribution in [0.5, 0.6) is 0 Å². The molecule has 0 aliphatic carbocycles. The van der Waals surface area contributed by atoms with E-state index >= 15 is 0 Å². The molecule has 6 heterocycles. The van der Waals surface area contributed by atoms with Gasteiger partial charge in [0.1, 0.15) is 22.7 Å². The molecule has 2 unspecified atom stereocenters. The molecule has 7 nitrogen and oxygen atoms in total. The highest BCUT2D eigenvalue weighted by molar-refractivity contribution is 7.16. The lowest BCUT2D eigenvalue weighted by molar-refractivity contribution is -0.173. The minimum Gasteiger partial charge on any atom is -0.363 e. The maximum atomic E-state index is 13.8. The third-order valence-corrected chi connectivity index (χ3v) is 6.91. The fourth-order valence-corrected chi connectivity index (χ4v) is 5.25. The summed E-state index contributed by atoms with van der Waals surface area (Å²) in [5.74, 6) is 0.558. The van der Waals surface area contributed by atoms with Gasteiger partial charge in [-0.25, -0.2) is 19.2 Å². The largest absolute Gasteiger partial charge is 0.410 e. The molecule has 5 aromatic heterocycles. The van der Waals surface area contributed by atoms with Gasteiger partial charge >= 0.3 is 6.18 Å². The number of rotatable bonds is 2. The number of hydrogen-bond donors (Lipinski definition) is 1. The van der Waals surface area contributed by atoms with Crippen LogP contribution in [0.2, 0.25) is 0 Å². The highest BCUT2D eigenvalue weighted by atomic mass is 32.1. The topological polar surface area (TPSA) is 72.9 Å². The van der Waals surface area contributed by atoms with E-state index in [1.807, 2.05) is 29.0 Å². The first-order valence-corrected chi connectivity index (χ1v) is 10.8. The monoisotopic (exact) mass is 447 g/mol. The SMILES string of the molecule is FC(F)(F)C1CC(c2cccs2)Nc2cc(-c3nc4c5ccsc5ncn4n3)nn21. The standard InChI is InChI=1S/C18H12F3N7S2/c19-18(20,21)13-6-10(12-2-1-4-29-12)23-14-7-11(25-28(13)14)15-24-16-9-3-5-30-17(9)22-8-27(16)26-15/h1-5,7-8,10,13,23H,6H2. The molecule has 5 aromatic rings. The van der Waals surface area contributed by atoms with Gasteiger partial charge in [-0.05, 0) is 22.9 Å². The Kier molecular flexibility index (Phi) is 3.72. The molecule has 30 heavy (non-hydrogen) atoms. The van der Waals surface area contributed by atoms with Crippen LogP contribution >= 0.6 is 22.7 Å². The molecule has 0 spiro atoms. The number of hydrogen-bond acceptors (Lipinski definition) is 7. The van der Waals surface area contributed by atoms with Crippen molar-refractivity contribution in [3.8, 4) is 11.5 Å². The summed E-state index contributed by atoms with van der Waals surface area (Å²) in [6.07, 6.45) is -3.00. The molecular formula is C18H12F3N7S2. The number of alkyl halides is 3. The van der Waals surface area contributed by atoms with Gasteiger partial charge in [0.25, 0.3) is 0 Å². The van der Waals surface area contributed by atoms with Gasteiger partial charge in [-0.1, -0.05) is 6.07 Å². The zero-order valence-corrected chi connectivity index (χ0v) is 16.7. The molecule has 1 aliphatic rings. The van der Waals surface area contributed by atoms with Crippen LogP contribution in [0.15, 0.2) is 41.4 Å². The second-order valence-electron chi connectivity index (χ2n) is 6.95. The zero-order valence-electron chi connectivity index (χ0n) is 15.0. The van der Waals surface area contributed by atoms with Crippen molar-refractivity contribution in [1.82, 2.24) is 29.4 Å². The molecule has 6 rings (SSSR count). The highest BCUT2D eigenvalue weighted by Gasteiger charge is 2.47. The van der Waals surface area contributed by atoms with E-state index < -0.39 is 18.3 Å². The number of fused-ring (bicyclic) bond motifs is 4. The van der Waals surface area contributed by atoms with Crippen molar-refractivity contribution in [3.63, 3.8) is 0 Å². The van der Waals surface area contributed by atoms with E-state index in [4.69, 9.17) is 0 Å². The van der Waals surface area contributed by atoms with Crippen LogP contribution in [0, 0.1) is 0 Å². The fourth-order valence-electron chi connectivity index (χ4n) is 3.73. The van der Waals surface area contributed by atoms with Crippen LogP contribution < -0.4 is 5.32 Å². The number of nitrogens with one attached hydrogen (secondary N) is 1. The van der Waals surface area contributed by atoms with Gasteiger partial charge in [0.2, 0.25) is 5.82 Å². The van der Waals surface area contributed by atoms with Crippen molar-refractivity contribution >= 4 is 44.4 Å². The Bertz CT molecular complexity index is 1370. The quantitative estimate of drug-likeness (QED) is 0.416. The molecular weight excluding hydrogens is 435 g/mol. The molecule has 0 radical (unpaired) electrons. The molecule has 1 aliphatic heterocycles. The number of thiophene rings is 2. The molecule has 0 fully saturated rings. The summed E-state index contributed by atoms with van der Waals surface area (Å²) >= 11 is 2.92. The van der Waals surface area contributed by atoms with E-state index in [1.54, 1.807) is 12.4 Å². The minimum absolute atomic E-state index is 0.129. The van der Waals surface area contributed by atoms with Crippen LogP contribution in [0.4, 0.5) is 19.0 Å². The second kappa shape index (κ2) is 6.25. The lowest BCUT2D eigenvalue weighted by atomic mass is 10.0. The van der Waals surface area contributed by atoms with E-state index in [0.29, 0.717) is 11.5 Å². The highest BCUT2D eigenvalue weighted by Crippen LogP contribution is 2.45. The average molecular weight is 447 g/mol. The molecule has 0 amide bonds. The Hall–Kier alpha value is -2.99. The van der Waals surface area contributed by atoms with Crippen LogP contribution in [-0.4, -0.2) is 35.5 Å². The molecule has 12 heteroatoms. The van der Waals surface area contributed by atoms with Crippen LogP contribution in [0.3, 0.4) is 0 Å². The van der Waals surface area contributed by atoms with Gasteiger partial charge in [0.05, 0.1) is 11.4 Å². The molecule has 0 saturated heterocycles. The third-order valence-electron chi connectivity index (χ3n) is 5.11. The Morgan fingerprint density at radius 3 is 2.83 bits per heavy atom. The number of nitrogens with zero attached hydrogens (tertiary/aromatic N) is 6. The lowest BCUT2D eigenvalue weighted by Crippen LogP contribution is -2.35. The van der Waals surface area contributed by atoms with E-state index in [1.165, 1.54) is 27.2 Å². The first-order valence-electron chi connectivity index (χ1n) is 9.02. The first kappa shape index (κ1) is 17.8. The minimum atomic E-state index is -4.42. The van der Waals surface area contributed by atoms with Crippen LogP contribution in [-0.2, 0) is 0 Å². The van der Waals surface area contributed by atoms with Gasteiger partial charge in [-0.2, -0.15) is 18.3 Å². The molecule has 152 valence electrons. The van der Waals surface area contributed by atoms with E-state index in [2.05, 4.69) is 25.5 Å². The van der Waals surface area contributed by atoms with Gasteiger partial charge in [0.15, 0.2) is 11.7 Å². The van der Waals surface area contributed by atoms with E-state index in [0.717, 1.165) is 19.8 Å². The number of aromatic nitrogens is 6. The van der Waals surface area contributed by atoms with Gasteiger partial charge in [-0.15, -0.1) is 27.8 Å². The Balaban J connectivity index is 1.46. The van der Waals surface area contributed by atoms with Crippen molar-refractivity contribution in [2.24, 2.45) is 0 Å². The molecule has 0 saturated carbocycles. The van der Waals surface area contributed by atoms with Gasteiger partial charge in [-0.3, -0.25) is 0 Å². The van der Waals surface area contributed by atoms with Crippen LogP contribution in [0.25, 0.3) is 27.4 Å². The summed E-state index contributed by atoms with van der Waals surface area (Å²) in [7, 11) is 0. The maximum Gasteiger partial charge on any atom is 0.410 e.